The molecule has 2 aromatic carbocycles. The quantitative estimate of drug-likeness (QED) is 0.770. The Hall–Kier alpha value is -2.24. The molecule has 2 N–H and O–H groups in total. The van der Waals surface area contributed by atoms with Gasteiger partial charge in [0.15, 0.2) is 6.10 Å². The van der Waals surface area contributed by atoms with Crippen molar-refractivity contribution in [2.24, 2.45) is 0 Å². The summed E-state index contributed by atoms with van der Waals surface area (Å²) in [4.78, 5) is 24.3. The van der Waals surface area contributed by atoms with E-state index in [0.717, 1.165) is 12.8 Å². The van der Waals surface area contributed by atoms with E-state index in [-0.39, 0.29) is 16.8 Å². The van der Waals surface area contributed by atoms with Crippen LogP contribution in [-0.4, -0.2) is 24.0 Å². The fourth-order valence-corrected chi connectivity index (χ4v) is 2.60. The zero-order valence-electron chi connectivity index (χ0n) is 14.1. The van der Waals surface area contributed by atoms with Gasteiger partial charge < -0.3 is 15.4 Å². The molecule has 2 aromatic rings. The molecule has 0 heterocycles. The summed E-state index contributed by atoms with van der Waals surface area (Å²) in [5.41, 5.74) is 1.13. The largest absolute Gasteiger partial charge is 0.479 e. The summed E-state index contributed by atoms with van der Waals surface area (Å²) in [6.45, 7) is 1.62. The molecule has 1 unspecified atom stereocenters. The summed E-state index contributed by atoms with van der Waals surface area (Å²) in [5, 5.41) is 6.28. The number of halogens is 2. The molecule has 1 atom stereocenters. The van der Waals surface area contributed by atoms with E-state index in [0.29, 0.717) is 28.1 Å². The van der Waals surface area contributed by atoms with Gasteiger partial charge in [-0.1, -0.05) is 29.3 Å². The van der Waals surface area contributed by atoms with Crippen molar-refractivity contribution in [2.45, 2.75) is 31.9 Å². The maximum absolute atomic E-state index is 12.3. The van der Waals surface area contributed by atoms with E-state index in [2.05, 4.69) is 10.6 Å². The van der Waals surface area contributed by atoms with Crippen molar-refractivity contribution in [3.8, 4) is 5.75 Å². The van der Waals surface area contributed by atoms with Crippen LogP contribution in [0.3, 0.4) is 0 Å². The SMILES string of the molecule is CC(Oc1cccc(Cl)c1Cl)C(=O)Nc1ccc(C(=O)NC2CC2)cc1. The summed E-state index contributed by atoms with van der Waals surface area (Å²) in [5.74, 6) is -0.0946. The van der Waals surface area contributed by atoms with Gasteiger partial charge in [0, 0.05) is 17.3 Å². The van der Waals surface area contributed by atoms with Crippen molar-refractivity contribution in [3.63, 3.8) is 0 Å². The monoisotopic (exact) mass is 392 g/mol. The minimum Gasteiger partial charge on any atom is -0.479 e. The Bertz CT molecular complexity index is 820. The number of hydrogen-bond donors (Lipinski definition) is 2. The summed E-state index contributed by atoms with van der Waals surface area (Å²) < 4.78 is 5.58. The Morgan fingerprint density at radius 2 is 1.81 bits per heavy atom. The van der Waals surface area contributed by atoms with Crippen LogP contribution in [0.4, 0.5) is 5.69 Å². The molecule has 0 bridgehead atoms. The second-order valence-electron chi connectivity index (χ2n) is 6.13. The summed E-state index contributed by atoms with van der Waals surface area (Å²) >= 11 is 12.0. The van der Waals surface area contributed by atoms with E-state index in [9.17, 15) is 9.59 Å². The molecular weight excluding hydrogens is 375 g/mol. The van der Waals surface area contributed by atoms with Crippen LogP contribution in [0, 0.1) is 0 Å². The molecule has 1 aliphatic rings. The third-order valence-corrected chi connectivity index (χ3v) is 4.72. The van der Waals surface area contributed by atoms with Gasteiger partial charge in [0.1, 0.15) is 10.8 Å². The molecule has 1 fully saturated rings. The van der Waals surface area contributed by atoms with E-state index < -0.39 is 6.10 Å². The van der Waals surface area contributed by atoms with Gasteiger partial charge in [0.25, 0.3) is 11.8 Å². The minimum absolute atomic E-state index is 0.0994. The minimum atomic E-state index is -0.774. The van der Waals surface area contributed by atoms with Crippen molar-refractivity contribution in [2.75, 3.05) is 5.32 Å². The number of ether oxygens (including phenoxy) is 1. The lowest BCUT2D eigenvalue weighted by Crippen LogP contribution is -2.30. The van der Waals surface area contributed by atoms with Crippen LogP contribution in [0.25, 0.3) is 0 Å². The number of rotatable bonds is 6. The standard InChI is InChI=1S/C19H18Cl2N2O3/c1-11(26-16-4-2-3-15(20)17(16)21)18(24)22-13-7-5-12(6-8-13)19(25)23-14-9-10-14/h2-8,11,14H,9-10H2,1H3,(H,22,24)(H,23,25). The third-order valence-electron chi connectivity index (χ3n) is 3.92. The Morgan fingerprint density at radius 1 is 1.12 bits per heavy atom. The number of benzene rings is 2. The summed E-state index contributed by atoms with van der Waals surface area (Å²) in [6.07, 6.45) is 1.30. The van der Waals surface area contributed by atoms with Crippen molar-refractivity contribution in [1.82, 2.24) is 5.32 Å². The Morgan fingerprint density at radius 3 is 2.46 bits per heavy atom. The average molecular weight is 393 g/mol. The van der Waals surface area contributed by atoms with Crippen LogP contribution < -0.4 is 15.4 Å². The fourth-order valence-electron chi connectivity index (χ4n) is 2.26. The molecule has 3 rings (SSSR count). The maximum Gasteiger partial charge on any atom is 0.265 e. The van der Waals surface area contributed by atoms with E-state index in [4.69, 9.17) is 27.9 Å². The lowest BCUT2D eigenvalue weighted by Gasteiger charge is -2.16. The van der Waals surface area contributed by atoms with E-state index >= 15 is 0 Å². The highest BCUT2D eigenvalue weighted by Gasteiger charge is 2.23. The van der Waals surface area contributed by atoms with Gasteiger partial charge in [-0.05, 0) is 56.2 Å². The number of anilines is 1. The molecule has 1 saturated carbocycles. The highest BCUT2D eigenvalue weighted by molar-refractivity contribution is 6.42. The summed E-state index contributed by atoms with van der Waals surface area (Å²) in [6, 6.07) is 12.0. The van der Waals surface area contributed by atoms with E-state index in [1.54, 1.807) is 49.4 Å². The van der Waals surface area contributed by atoms with Gasteiger partial charge in [-0.15, -0.1) is 0 Å². The van der Waals surface area contributed by atoms with Gasteiger partial charge >= 0.3 is 0 Å². The highest BCUT2D eigenvalue weighted by atomic mass is 35.5. The van der Waals surface area contributed by atoms with Crippen molar-refractivity contribution >= 4 is 40.7 Å². The van der Waals surface area contributed by atoms with Gasteiger partial charge in [-0.25, -0.2) is 0 Å². The molecule has 5 nitrogen and oxygen atoms in total. The molecular formula is C19H18Cl2N2O3. The first kappa shape index (κ1) is 18.5. The molecule has 1 aliphatic carbocycles. The van der Waals surface area contributed by atoms with Crippen molar-refractivity contribution in [3.05, 3.63) is 58.1 Å². The molecule has 0 spiro atoms. The van der Waals surface area contributed by atoms with Gasteiger partial charge in [0.2, 0.25) is 0 Å². The Labute approximate surface area is 161 Å². The molecule has 7 heteroatoms. The molecule has 2 amide bonds. The fraction of sp³-hybridized carbons (Fsp3) is 0.263. The predicted octanol–water partition coefficient (Wildman–Crippen LogP) is 4.29. The first-order valence-corrected chi connectivity index (χ1v) is 9.02. The first-order valence-electron chi connectivity index (χ1n) is 8.26. The normalized spacial score (nSPS) is 14.4. The molecule has 0 radical (unpaired) electrons. The third kappa shape index (κ3) is 4.68. The van der Waals surface area contributed by atoms with Crippen LogP contribution >= 0.6 is 23.2 Å². The highest BCUT2D eigenvalue weighted by Crippen LogP contribution is 2.32. The van der Waals surface area contributed by atoms with Crippen LogP contribution in [0.5, 0.6) is 5.75 Å². The van der Waals surface area contributed by atoms with Gasteiger partial charge in [0.05, 0.1) is 5.02 Å². The summed E-state index contributed by atoms with van der Waals surface area (Å²) in [7, 11) is 0. The van der Waals surface area contributed by atoms with Crippen LogP contribution in [0.15, 0.2) is 42.5 Å². The number of carbonyl (C=O) groups excluding carboxylic acids is 2. The van der Waals surface area contributed by atoms with Gasteiger partial charge in [-0.2, -0.15) is 0 Å². The van der Waals surface area contributed by atoms with Crippen LogP contribution in [0.1, 0.15) is 30.1 Å². The second kappa shape index (κ2) is 7.98. The maximum atomic E-state index is 12.3. The lowest BCUT2D eigenvalue weighted by molar-refractivity contribution is -0.122. The van der Waals surface area contributed by atoms with Gasteiger partial charge in [-0.3, -0.25) is 9.59 Å². The smallest absolute Gasteiger partial charge is 0.265 e. The molecule has 0 saturated heterocycles. The Kier molecular flexibility index (Phi) is 5.69. The van der Waals surface area contributed by atoms with Crippen LogP contribution in [-0.2, 0) is 4.79 Å². The van der Waals surface area contributed by atoms with E-state index in [1.807, 2.05) is 0 Å². The second-order valence-corrected chi connectivity index (χ2v) is 6.91. The molecule has 0 aliphatic heterocycles. The lowest BCUT2D eigenvalue weighted by atomic mass is 10.2. The number of nitrogens with one attached hydrogen (secondary N) is 2. The predicted molar refractivity (Wildman–Crippen MR) is 102 cm³/mol. The molecule has 26 heavy (non-hydrogen) atoms. The van der Waals surface area contributed by atoms with Crippen LogP contribution in [0.2, 0.25) is 10.0 Å². The van der Waals surface area contributed by atoms with Crippen molar-refractivity contribution < 1.29 is 14.3 Å². The van der Waals surface area contributed by atoms with Crippen molar-refractivity contribution in [1.29, 1.82) is 0 Å². The zero-order valence-corrected chi connectivity index (χ0v) is 15.6. The molecule has 0 aromatic heterocycles. The topological polar surface area (TPSA) is 67.4 Å². The zero-order chi connectivity index (χ0) is 18.7. The number of amides is 2. The number of hydrogen-bond acceptors (Lipinski definition) is 3. The Balaban J connectivity index is 1.58. The average Bonchev–Trinajstić information content (AvgIpc) is 3.43. The number of carbonyl (C=O) groups is 2. The molecule has 136 valence electrons. The first-order chi connectivity index (χ1) is 12.4. The van der Waals surface area contributed by atoms with E-state index in [1.165, 1.54) is 0 Å².